The van der Waals surface area contributed by atoms with Crippen molar-refractivity contribution in [3.8, 4) is 0 Å². The van der Waals surface area contributed by atoms with E-state index in [2.05, 4.69) is 16.0 Å². The number of rotatable bonds is 8. The van der Waals surface area contributed by atoms with Crippen LogP contribution in [0, 0.1) is 0 Å². The van der Waals surface area contributed by atoms with Gasteiger partial charge in [-0.3, -0.25) is 9.59 Å². The lowest BCUT2D eigenvalue weighted by Crippen LogP contribution is -2.35. The van der Waals surface area contributed by atoms with Crippen LogP contribution < -0.4 is 16.0 Å². The van der Waals surface area contributed by atoms with Gasteiger partial charge in [-0.2, -0.15) is 0 Å². The Morgan fingerprint density at radius 3 is 2.44 bits per heavy atom. The number of benzene rings is 2. The third kappa shape index (κ3) is 6.73. The van der Waals surface area contributed by atoms with Crippen LogP contribution >= 0.6 is 11.8 Å². The zero-order chi connectivity index (χ0) is 22.9. The maximum absolute atomic E-state index is 12.8. The maximum Gasteiger partial charge on any atom is 0.319 e. The summed E-state index contributed by atoms with van der Waals surface area (Å²) in [4.78, 5) is 37.2. The predicted octanol–water partition coefficient (Wildman–Crippen LogP) is 3.89. The van der Waals surface area contributed by atoms with E-state index < -0.39 is 5.25 Å². The number of amides is 3. The van der Waals surface area contributed by atoms with Gasteiger partial charge in [0.2, 0.25) is 0 Å². The van der Waals surface area contributed by atoms with Crippen LogP contribution in [0.3, 0.4) is 0 Å². The molecule has 1 aliphatic heterocycles. The summed E-state index contributed by atoms with van der Waals surface area (Å²) in [5.74, 6) is -0.645. The van der Waals surface area contributed by atoms with E-state index in [0.717, 1.165) is 19.4 Å². The average molecular weight is 458 g/mol. The first kappa shape index (κ1) is 23.6. The minimum Gasteiger partial charge on any atom is -0.468 e. The molecule has 2 atom stereocenters. The molecular formula is C23H27N3O5S. The highest BCUT2D eigenvalue weighted by Crippen LogP contribution is 2.28. The lowest BCUT2D eigenvalue weighted by molar-refractivity contribution is -0.139. The average Bonchev–Trinajstić information content (AvgIpc) is 3.32. The molecule has 3 amide bonds. The Labute approximate surface area is 191 Å². The van der Waals surface area contributed by atoms with Crippen LogP contribution in [0.15, 0.2) is 53.4 Å². The first-order valence-corrected chi connectivity index (χ1v) is 11.3. The molecule has 1 aliphatic rings. The van der Waals surface area contributed by atoms with Gasteiger partial charge in [-0.25, -0.2) is 4.79 Å². The van der Waals surface area contributed by atoms with Gasteiger partial charge in [-0.1, -0.05) is 12.1 Å². The normalized spacial score (nSPS) is 16.1. The number of methoxy groups -OCH3 is 1. The molecule has 32 heavy (non-hydrogen) atoms. The van der Waals surface area contributed by atoms with E-state index in [1.807, 2.05) is 6.07 Å². The number of nitrogens with one attached hydrogen (secondary N) is 3. The highest BCUT2D eigenvalue weighted by atomic mass is 32.2. The van der Waals surface area contributed by atoms with Gasteiger partial charge in [0.1, 0.15) is 5.25 Å². The predicted molar refractivity (Wildman–Crippen MR) is 124 cm³/mol. The summed E-state index contributed by atoms with van der Waals surface area (Å²) >= 11 is 1.27. The molecule has 2 aromatic carbocycles. The molecule has 1 fully saturated rings. The molecule has 8 nitrogen and oxygen atoms in total. The van der Waals surface area contributed by atoms with Gasteiger partial charge in [0.15, 0.2) is 0 Å². The topological polar surface area (TPSA) is 106 Å². The summed E-state index contributed by atoms with van der Waals surface area (Å²) in [6, 6.07) is 13.6. The van der Waals surface area contributed by atoms with Crippen molar-refractivity contribution in [2.75, 3.05) is 30.9 Å². The summed E-state index contributed by atoms with van der Waals surface area (Å²) in [5.41, 5.74) is 1.65. The highest BCUT2D eigenvalue weighted by molar-refractivity contribution is 8.00. The molecule has 1 heterocycles. The van der Waals surface area contributed by atoms with Crippen LogP contribution in [0.5, 0.6) is 0 Å². The Bertz CT molecular complexity index is 945. The van der Waals surface area contributed by atoms with Crippen molar-refractivity contribution in [3.05, 3.63) is 54.1 Å². The van der Waals surface area contributed by atoms with Gasteiger partial charge >= 0.3 is 12.0 Å². The molecule has 0 radical (unpaired) electrons. The number of esters is 1. The smallest absolute Gasteiger partial charge is 0.319 e. The Morgan fingerprint density at radius 1 is 1.09 bits per heavy atom. The molecule has 9 heteroatoms. The van der Waals surface area contributed by atoms with Gasteiger partial charge in [-0.05, 0) is 56.2 Å². The number of hydrogen-bond acceptors (Lipinski definition) is 6. The van der Waals surface area contributed by atoms with Gasteiger partial charge in [0.25, 0.3) is 5.91 Å². The zero-order valence-electron chi connectivity index (χ0n) is 18.1. The lowest BCUT2D eigenvalue weighted by atomic mass is 10.2. The molecule has 0 spiro atoms. The van der Waals surface area contributed by atoms with Gasteiger partial charge in [-0.15, -0.1) is 11.8 Å². The standard InChI is InChI=1S/C23H27N3O5S/c1-15(22(28)30-2)32-20-8-4-3-7-19(20)21(27)25-16-9-11-17(12-10-16)26-23(29)24-14-18-6-5-13-31-18/h3-4,7-12,15,18H,5-6,13-14H2,1-2H3,(H,25,27)(H2,24,26,29). The van der Waals surface area contributed by atoms with E-state index >= 15 is 0 Å². The van der Waals surface area contributed by atoms with Crippen LogP contribution in [0.2, 0.25) is 0 Å². The van der Waals surface area contributed by atoms with Crippen LogP contribution in [0.4, 0.5) is 16.2 Å². The monoisotopic (exact) mass is 457 g/mol. The molecule has 0 bridgehead atoms. The van der Waals surface area contributed by atoms with Crippen molar-refractivity contribution in [2.45, 2.75) is 36.0 Å². The molecule has 3 rings (SSSR count). The minimum atomic E-state index is -0.439. The van der Waals surface area contributed by atoms with Crippen molar-refractivity contribution in [2.24, 2.45) is 0 Å². The van der Waals surface area contributed by atoms with Gasteiger partial charge in [0, 0.05) is 29.4 Å². The van der Waals surface area contributed by atoms with Gasteiger partial charge in [0.05, 0.1) is 18.8 Å². The number of hydrogen-bond donors (Lipinski definition) is 3. The Kier molecular flexibility index (Phi) is 8.52. The molecule has 0 aromatic heterocycles. The van der Waals surface area contributed by atoms with Crippen LogP contribution in [-0.4, -0.2) is 49.5 Å². The van der Waals surface area contributed by atoms with E-state index in [4.69, 9.17) is 9.47 Å². The third-order valence-corrected chi connectivity index (χ3v) is 6.04. The summed E-state index contributed by atoms with van der Waals surface area (Å²) in [7, 11) is 1.34. The maximum atomic E-state index is 12.8. The van der Waals surface area contributed by atoms with Crippen LogP contribution in [0.1, 0.15) is 30.1 Å². The molecule has 170 valence electrons. The fourth-order valence-electron chi connectivity index (χ4n) is 3.18. The van der Waals surface area contributed by atoms with E-state index in [1.54, 1.807) is 49.4 Å². The molecule has 1 saturated heterocycles. The number of urea groups is 1. The SMILES string of the molecule is COC(=O)C(C)Sc1ccccc1C(=O)Nc1ccc(NC(=O)NCC2CCCO2)cc1. The molecular weight excluding hydrogens is 430 g/mol. The highest BCUT2D eigenvalue weighted by Gasteiger charge is 2.19. The minimum absolute atomic E-state index is 0.0787. The fraction of sp³-hybridized carbons (Fsp3) is 0.348. The van der Waals surface area contributed by atoms with Crippen molar-refractivity contribution >= 4 is 41.0 Å². The number of anilines is 2. The summed E-state index contributed by atoms with van der Waals surface area (Å²) in [6.45, 7) is 2.95. The second kappa shape index (κ2) is 11.5. The number of carbonyl (C=O) groups is 3. The van der Waals surface area contributed by atoms with E-state index in [9.17, 15) is 14.4 Å². The van der Waals surface area contributed by atoms with Crippen LogP contribution in [-0.2, 0) is 14.3 Å². The van der Waals surface area contributed by atoms with E-state index in [-0.39, 0.29) is 24.0 Å². The fourth-order valence-corrected chi connectivity index (χ4v) is 4.20. The molecule has 3 N–H and O–H groups in total. The van der Waals surface area contributed by atoms with Crippen molar-refractivity contribution in [1.82, 2.24) is 5.32 Å². The molecule has 2 unspecified atom stereocenters. The summed E-state index contributed by atoms with van der Waals surface area (Å²) < 4.78 is 10.2. The number of ether oxygens (including phenoxy) is 2. The second-order valence-corrected chi connectivity index (χ2v) is 8.66. The Balaban J connectivity index is 1.55. The van der Waals surface area contributed by atoms with E-state index in [1.165, 1.54) is 18.9 Å². The van der Waals surface area contributed by atoms with Crippen molar-refractivity contribution < 1.29 is 23.9 Å². The van der Waals surface area contributed by atoms with Gasteiger partial charge < -0.3 is 25.4 Å². The Morgan fingerprint density at radius 2 is 1.78 bits per heavy atom. The first-order valence-electron chi connectivity index (χ1n) is 10.4. The quantitative estimate of drug-likeness (QED) is 0.410. The number of carbonyl (C=O) groups excluding carboxylic acids is 3. The van der Waals surface area contributed by atoms with Crippen molar-refractivity contribution in [3.63, 3.8) is 0 Å². The van der Waals surface area contributed by atoms with Crippen LogP contribution in [0.25, 0.3) is 0 Å². The second-order valence-electron chi connectivity index (χ2n) is 7.28. The molecule has 2 aromatic rings. The Hall–Kier alpha value is -3.04. The number of thioether (sulfide) groups is 1. The molecule has 0 aliphatic carbocycles. The largest absolute Gasteiger partial charge is 0.468 e. The molecule has 0 saturated carbocycles. The lowest BCUT2D eigenvalue weighted by Gasteiger charge is -2.14. The summed E-state index contributed by atoms with van der Waals surface area (Å²) in [5, 5.41) is 7.96. The first-order chi connectivity index (χ1) is 15.5. The zero-order valence-corrected chi connectivity index (χ0v) is 18.9. The summed E-state index contributed by atoms with van der Waals surface area (Å²) in [6.07, 6.45) is 2.06. The van der Waals surface area contributed by atoms with E-state index in [0.29, 0.717) is 28.4 Å². The van der Waals surface area contributed by atoms with Crippen molar-refractivity contribution in [1.29, 1.82) is 0 Å². The third-order valence-electron chi connectivity index (χ3n) is 4.88.